The number of thiazole rings is 1. The van der Waals surface area contributed by atoms with Crippen molar-refractivity contribution < 1.29 is 23.0 Å². The van der Waals surface area contributed by atoms with E-state index in [1.807, 2.05) is 25.1 Å². The monoisotopic (exact) mass is 511 g/mol. The largest absolute Gasteiger partial charge is 0.493 e. The second kappa shape index (κ2) is 10.7. The quantitative estimate of drug-likeness (QED) is 0.508. The summed E-state index contributed by atoms with van der Waals surface area (Å²) in [7, 11) is 1.32. The van der Waals surface area contributed by atoms with E-state index < -0.39 is 18.1 Å². The molecular weight excluding hydrogens is 488 g/mol. The van der Waals surface area contributed by atoms with Gasteiger partial charge >= 0.3 is 6.61 Å². The summed E-state index contributed by atoms with van der Waals surface area (Å²) in [6, 6.07) is 13.5. The van der Waals surface area contributed by atoms with Gasteiger partial charge in [-0.25, -0.2) is 0 Å². The SMILES string of the molecule is COc1cc(C=c2sc(=C(C#N)C(=O)N3CCCC3)n(-c3ccc(C)cc3)c2=O)ccc1OC(F)F. The van der Waals surface area contributed by atoms with Crippen molar-refractivity contribution in [1.29, 1.82) is 5.26 Å². The standard InChI is InChI=1S/C26H23F2N3O4S/c1-16-5-8-18(9-6-16)31-24(33)22(14-17-7-10-20(35-26(27)28)21(13-17)34-2)36-25(31)19(15-29)23(32)30-11-3-4-12-30/h5-10,13-14,26H,3-4,11-12H2,1-2H3. The van der Waals surface area contributed by atoms with Gasteiger partial charge in [-0.1, -0.05) is 23.8 Å². The average Bonchev–Trinajstić information content (AvgIpc) is 3.50. The number of ether oxygens (including phenoxy) is 2. The van der Waals surface area contributed by atoms with Crippen molar-refractivity contribution in [2.75, 3.05) is 20.2 Å². The third-order valence-corrected chi connectivity index (χ3v) is 6.84. The van der Waals surface area contributed by atoms with E-state index >= 15 is 0 Å². The molecule has 1 saturated heterocycles. The molecule has 0 aliphatic carbocycles. The maximum absolute atomic E-state index is 13.6. The zero-order chi connectivity index (χ0) is 25.8. The van der Waals surface area contributed by atoms with E-state index in [0.717, 1.165) is 29.7 Å². The molecule has 1 aliphatic rings. The molecule has 3 aromatic rings. The molecule has 0 N–H and O–H groups in total. The molecule has 2 heterocycles. The third kappa shape index (κ3) is 5.16. The fourth-order valence-corrected chi connectivity index (χ4v) is 5.06. The van der Waals surface area contributed by atoms with E-state index in [2.05, 4.69) is 4.74 Å². The van der Waals surface area contributed by atoms with Gasteiger partial charge in [0.2, 0.25) is 0 Å². The number of likely N-dealkylation sites (tertiary alicyclic amines) is 1. The summed E-state index contributed by atoms with van der Waals surface area (Å²) < 4.78 is 36.8. The lowest BCUT2D eigenvalue weighted by Gasteiger charge is -2.14. The number of benzene rings is 2. The minimum atomic E-state index is -3.01. The van der Waals surface area contributed by atoms with E-state index in [-0.39, 0.29) is 26.3 Å². The molecule has 0 atom stereocenters. The summed E-state index contributed by atoms with van der Waals surface area (Å²) in [5.41, 5.74) is 1.51. The van der Waals surface area contributed by atoms with Gasteiger partial charge in [-0.3, -0.25) is 14.2 Å². The Labute approximate surface area is 209 Å². The van der Waals surface area contributed by atoms with E-state index in [4.69, 9.17) is 4.74 Å². The van der Waals surface area contributed by atoms with E-state index in [1.54, 1.807) is 23.1 Å². The van der Waals surface area contributed by atoms with E-state index in [0.29, 0.717) is 24.3 Å². The molecule has 1 fully saturated rings. The number of carbonyl (C=O) groups excluding carboxylic acids is 1. The number of aromatic nitrogens is 1. The zero-order valence-electron chi connectivity index (χ0n) is 19.7. The first-order chi connectivity index (χ1) is 17.3. The summed E-state index contributed by atoms with van der Waals surface area (Å²) in [4.78, 5) is 28.3. The van der Waals surface area contributed by atoms with Crippen LogP contribution in [0.3, 0.4) is 0 Å². The molecule has 0 radical (unpaired) electrons. The first kappa shape index (κ1) is 25.1. The number of hydrogen-bond acceptors (Lipinski definition) is 6. The second-order valence-electron chi connectivity index (χ2n) is 8.17. The van der Waals surface area contributed by atoms with Crippen molar-refractivity contribution in [2.24, 2.45) is 0 Å². The molecule has 1 amide bonds. The highest BCUT2D eigenvalue weighted by Crippen LogP contribution is 2.29. The molecule has 7 nitrogen and oxygen atoms in total. The summed E-state index contributed by atoms with van der Waals surface area (Å²) >= 11 is 1.02. The predicted molar refractivity (Wildman–Crippen MR) is 132 cm³/mol. The molecule has 186 valence electrons. The Balaban J connectivity index is 1.94. The van der Waals surface area contributed by atoms with E-state index in [1.165, 1.54) is 29.9 Å². The van der Waals surface area contributed by atoms with Gasteiger partial charge in [0.15, 0.2) is 17.1 Å². The van der Waals surface area contributed by atoms with Gasteiger partial charge in [0, 0.05) is 13.1 Å². The molecule has 0 unspecified atom stereocenters. The number of hydrogen-bond donors (Lipinski definition) is 0. The zero-order valence-corrected chi connectivity index (χ0v) is 20.5. The number of amides is 1. The number of nitrogens with zero attached hydrogens (tertiary/aromatic N) is 3. The Bertz CT molecular complexity index is 1500. The minimum absolute atomic E-state index is 0.0770. The molecule has 10 heteroatoms. The molecule has 0 saturated carbocycles. The number of carbonyl (C=O) groups is 1. The van der Waals surface area contributed by atoms with Crippen LogP contribution in [-0.2, 0) is 4.79 Å². The van der Waals surface area contributed by atoms with Crippen LogP contribution < -0.4 is 24.2 Å². The van der Waals surface area contributed by atoms with Crippen LogP contribution in [0.25, 0.3) is 17.3 Å². The maximum Gasteiger partial charge on any atom is 0.387 e. The highest BCUT2D eigenvalue weighted by Gasteiger charge is 2.24. The van der Waals surface area contributed by atoms with Crippen molar-refractivity contribution in [3.05, 3.63) is 73.1 Å². The molecular formula is C26H23F2N3O4S. The van der Waals surface area contributed by atoms with Crippen LogP contribution in [-0.4, -0.2) is 42.2 Å². The van der Waals surface area contributed by atoms with Gasteiger partial charge in [-0.15, -0.1) is 11.3 Å². The van der Waals surface area contributed by atoms with E-state index in [9.17, 15) is 23.6 Å². The van der Waals surface area contributed by atoms with Crippen LogP contribution in [0, 0.1) is 18.3 Å². The number of halogens is 2. The Morgan fingerprint density at radius 3 is 2.44 bits per heavy atom. The van der Waals surface area contributed by atoms with Gasteiger partial charge in [-0.2, -0.15) is 14.0 Å². The van der Waals surface area contributed by atoms with Crippen LogP contribution in [0.4, 0.5) is 8.78 Å². The highest BCUT2D eigenvalue weighted by atomic mass is 32.1. The van der Waals surface area contributed by atoms with Crippen LogP contribution >= 0.6 is 11.3 Å². The predicted octanol–water partition coefficient (Wildman–Crippen LogP) is 2.94. The maximum atomic E-state index is 13.6. The smallest absolute Gasteiger partial charge is 0.387 e. The summed E-state index contributed by atoms with van der Waals surface area (Å²) in [6.07, 6.45) is 3.29. The van der Waals surface area contributed by atoms with Crippen molar-refractivity contribution in [1.82, 2.24) is 9.47 Å². The van der Waals surface area contributed by atoms with Crippen LogP contribution in [0.5, 0.6) is 11.5 Å². The van der Waals surface area contributed by atoms with Gasteiger partial charge < -0.3 is 14.4 Å². The van der Waals surface area contributed by atoms with Crippen molar-refractivity contribution in [3.63, 3.8) is 0 Å². The molecule has 1 aromatic heterocycles. The fourth-order valence-electron chi connectivity index (χ4n) is 3.96. The average molecular weight is 512 g/mol. The Hall–Kier alpha value is -3.97. The highest BCUT2D eigenvalue weighted by molar-refractivity contribution is 7.07. The van der Waals surface area contributed by atoms with Gasteiger partial charge in [-0.05, 0) is 55.7 Å². The number of alkyl halides is 2. The van der Waals surface area contributed by atoms with Crippen molar-refractivity contribution in [3.8, 4) is 23.3 Å². The Kier molecular flexibility index (Phi) is 7.50. The van der Waals surface area contributed by atoms with Crippen LogP contribution in [0.15, 0.2) is 47.3 Å². The van der Waals surface area contributed by atoms with Gasteiger partial charge in [0.05, 0.1) is 17.3 Å². The second-order valence-corrected chi connectivity index (χ2v) is 9.20. The number of nitriles is 1. The van der Waals surface area contributed by atoms with Crippen molar-refractivity contribution in [2.45, 2.75) is 26.4 Å². The molecule has 1 aliphatic heterocycles. The summed E-state index contributed by atoms with van der Waals surface area (Å²) in [6.45, 7) is 0.0356. The lowest BCUT2D eigenvalue weighted by atomic mass is 10.2. The first-order valence-electron chi connectivity index (χ1n) is 11.2. The Morgan fingerprint density at radius 2 is 1.83 bits per heavy atom. The molecule has 2 aromatic carbocycles. The van der Waals surface area contributed by atoms with Crippen molar-refractivity contribution >= 4 is 28.9 Å². The number of methoxy groups -OCH3 is 1. The summed E-state index contributed by atoms with van der Waals surface area (Å²) in [5.74, 6) is -0.461. The van der Waals surface area contributed by atoms with Gasteiger partial charge in [0.1, 0.15) is 10.7 Å². The normalized spacial score (nSPS) is 14.7. The molecule has 0 spiro atoms. The lowest BCUT2D eigenvalue weighted by Crippen LogP contribution is -2.35. The first-order valence-corrected chi connectivity index (χ1v) is 12.0. The molecule has 36 heavy (non-hydrogen) atoms. The summed E-state index contributed by atoms with van der Waals surface area (Å²) in [5, 5.41) is 9.94. The lowest BCUT2D eigenvalue weighted by molar-refractivity contribution is -0.123. The number of rotatable bonds is 6. The molecule has 4 rings (SSSR count). The van der Waals surface area contributed by atoms with Crippen LogP contribution in [0.1, 0.15) is 24.0 Å². The number of aryl methyl sites for hydroxylation is 1. The fraction of sp³-hybridized carbons (Fsp3) is 0.269. The van der Waals surface area contributed by atoms with Gasteiger partial charge in [0.25, 0.3) is 11.5 Å². The van der Waals surface area contributed by atoms with Crippen LogP contribution in [0.2, 0.25) is 0 Å². The third-order valence-electron chi connectivity index (χ3n) is 5.75. The Morgan fingerprint density at radius 1 is 1.14 bits per heavy atom. The minimum Gasteiger partial charge on any atom is -0.493 e. The molecule has 0 bridgehead atoms. The topological polar surface area (TPSA) is 84.6 Å².